The number of fused-ring (bicyclic) bond motifs is 1. The first-order chi connectivity index (χ1) is 13.9. The van der Waals surface area contributed by atoms with Gasteiger partial charge in [-0.1, -0.05) is 30.3 Å². The van der Waals surface area contributed by atoms with Crippen LogP contribution < -0.4 is 5.32 Å². The molecule has 3 aromatic rings. The zero-order valence-corrected chi connectivity index (χ0v) is 15.5. The maximum Gasteiger partial charge on any atom is 0.416 e. The Kier molecular flexibility index (Phi) is 5.24. The van der Waals surface area contributed by atoms with Crippen molar-refractivity contribution >= 4 is 16.8 Å². The molecule has 0 aliphatic carbocycles. The zero-order chi connectivity index (χ0) is 20.4. The predicted molar refractivity (Wildman–Crippen MR) is 103 cm³/mol. The van der Waals surface area contributed by atoms with E-state index in [0.29, 0.717) is 35.6 Å². The summed E-state index contributed by atoms with van der Waals surface area (Å²) in [4.78, 5) is 17.3. The molecule has 1 fully saturated rings. The first kappa shape index (κ1) is 19.4. The highest BCUT2D eigenvalue weighted by atomic mass is 19.4. The van der Waals surface area contributed by atoms with Crippen LogP contribution in [0.15, 0.2) is 54.6 Å². The maximum atomic E-state index is 13.0. The summed E-state index contributed by atoms with van der Waals surface area (Å²) in [6.45, 7) is 1.22. The predicted octanol–water partition coefficient (Wildman–Crippen LogP) is 4.83. The van der Waals surface area contributed by atoms with Crippen LogP contribution in [0.5, 0.6) is 0 Å². The number of hydrogen-bond acceptors (Lipinski definition) is 3. The van der Waals surface area contributed by atoms with Gasteiger partial charge < -0.3 is 10.1 Å². The SMILES string of the molecule is O=C(NC1CCOCC1)c1cccc2ccc(-c3cccc(C(F)(F)F)c3)nc12. The third-order valence-corrected chi connectivity index (χ3v) is 5.01. The lowest BCUT2D eigenvalue weighted by Gasteiger charge is -2.23. The molecule has 1 aromatic heterocycles. The molecule has 1 saturated heterocycles. The normalized spacial score (nSPS) is 15.4. The number of nitrogens with zero attached hydrogens (tertiary/aromatic N) is 1. The minimum Gasteiger partial charge on any atom is -0.381 e. The summed E-state index contributed by atoms with van der Waals surface area (Å²) in [6, 6.07) is 13.8. The van der Waals surface area contributed by atoms with Gasteiger partial charge in [-0.15, -0.1) is 0 Å². The highest BCUT2D eigenvalue weighted by Crippen LogP contribution is 2.32. The lowest BCUT2D eigenvalue weighted by molar-refractivity contribution is -0.137. The summed E-state index contributed by atoms with van der Waals surface area (Å²) in [5.41, 5.74) is 0.869. The van der Waals surface area contributed by atoms with Crippen LogP contribution in [0.4, 0.5) is 13.2 Å². The van der Waals surface area contributed by atoms with E-state index in [1.165, 1.54) is 6.07 Å². The Bertz CT molecular complexity index is 1040. The minimum absolute atomic E-state index is 0.0400. The number of amides is 1. The van der Waals surface area contributed by atoms with Crippen molar-refractivity contribution in [1.82, 2.24) is 10.3 Å². The minimum atomic E-state index is -4.43. The number of benzene rings is 2. The highest BCUT2D eigenvalue weighted by molar-refractivity contribution is 6.06. The van der Waals surface area contributed by atoms with Crippen LogP contribution in [0.2, 0.25) is 0 Å². The number of pyridine rings is 1. The molecule has 0 unspecified atom stereocenters. The first-order valence-electron chi connectivity index (χ1n) is 9.38. The van der Waals surface area contributed by atoms with Gasteiger partial charge in [-0.2, -0.15) is 13.2 Å². The van der Waals surface area contributed by atoms with Gasteiger partial charge in [-0.05, 0) is 37.1 Å². The summed E-state index contributed by atoms with van der Waals surface area (Å²) >= 11 is 0. The molecule has 0 radical (unpaired) electrons. The molecule has 0 saturated carbocycles. The third-order valence-electron chi connectivity index (χ3n) is 5.01. The van der Waals surface area contributed by atoms with Crippen molar-refractivity contribution in [2.75, 3.05) is 13.2 Å². The Balaban J connectivity index is 1.70. The van der Waals surface area contributed by atoms with E-state index in [1.54, 1.807) is 30.3 Å². The molecule has 0 atom stereocenters. The second-order valence-electron chi connectivity index (χ2n) is 7.01. The lowest BCUT2D eigenvalue weighted by atomic mass is 10.0. The van der Waals surface area contributed by atoms with Crippen molar-refractivity contribution in [3.8, 4) is 11.3 Å². The molecule has 0 bridgehead atoms. The highest BCUT2D eigenvalue weighted by Gasteiger charge is 2.30. The van der Waals surface area contributed by atoms with E-state index >= 15 is 0 Å². The van der Waals surface area contributed by atoms with E-state index in [-0.39, 0.29) is 11.9 Å². The number of ether oxygens (including phenoxy) is 1. The number of alkyl halides is 3. The fourth-order valence-electron chi connectivity index (χ4n) is 3.45. The molecule has 2 heterocycles. The Morgan fingerprint density at radius 2 is 1.79 bits per heavy atom. The van der Waals surface area contributed by atoms with Crippen molar-refractivity contribution in [3.05, 3.63) is 65.7 Å². The van der Waals surface area contributed by atoms with E-state index in [1.807, 2.05) is 6.07 Å². The average molecular weight is 400 g/mol. The molecule has 1 N–H and O–H groups in total. The lowest BCUT2D eigenvalue weighted by Crippen LogP contribution is -2.39. The van der Waals surface area contributed by atoms with Gasteiger partial charge in [-0.25, -0.2) is 4.98 Å². The fourth-order valence-corrected chi connectivity index (χ4v) is 3.45. The number of halogens is 3. The summed E-state index contributed by atoms with van der Waals surface area (Å²) in [5.74, 6) is -0.240. The van der Waals surface area contributed by atoms with E-state index in [4.69, 9.17) is 4.74 Å². The van der Waals surface area contributed by atoms with Crippen LogP contribution in [0.1, 0.15) is 28.8 Å². The van der Waals surface area contributed by atoms with Gasteiger partial charge in [0.25, 0.3) is 5.91 Å². The third kappa shape index (κ3) is 4.24. The number of nitrogens with one attached hydrogen (secondary N) is 1. The molecule has 29 heavy (non-hydrogen) atoms. The summed E-state index contributed by atoms with van der Waals surface area (Å²) in [7, 11) is 0. The van der Waals surface area contributed by atoms with Gasteiger partial charge in [0, 0.05) is 30.2 Å². The van der Waals surface area contributed by atoms with Crippen LogP contribution in [0.25, 0.3) is 22.2 Å². The first-order valence-corrected chi connectivity index (χ1v) is 9.38. The molecule has 7 heteroatoms. The Hall–Kier alpha value is -2.93. The van der Waals surface area contributed by atoms with E-state index in [9.17, 15) is 18.0 Å². The van der Waals surface area contributed by atoms with Gasteiger partial charge in [-0.3, -0.25) is 4.79 Å². The number of aromatic nitrogens is 1. The molecule has 1 aliphatic rings. The molecule has 2 aromatic carbocycles. The molecular weight excluding hydrogens is 381 g/mol. The number of carbonyl (C=O) groups is 1. The summed E-state index contributed by atoms with van der Waals surface area (Å²) in [6.07, 6.45) is -2.93. The number of rotatable bonds is 3. The Morgan fingerprint density at radius 3 is 2.55 bits per heavy atom. The second-order valence-corrected chi connectivity index (χ2v) is 7.01. The van der Waals surface area contributed by atoms with Crippen LogP contribution in [-0.4, -0.2) is 30.1 Å². The Labute approximate surface area is 165 Å². The number of hydrogen-bond donors (Lipinski definition) is 1. The van der Waals surface area contributed by atoms with Crippen molar-refractivity contribution < 1.29 is 22.7 Å². The summed E-state index contributed by atoms with van der Waals surface area (Å²) < 4.78 is 44.5. The van der Waals surface area contributed by atoms with Gasteiger partial charge >= 0.3 is 6.18 Å². The fraction of sp³-hybridized carbons (Fsp3) is 0.273. The number of para-hydroxylation sites is 1. The zero-order valence-electron chi connectivity index (χ0n) is 15.5. The van der Waals surface area contributed by atoms with Crippen molar-refractivity contribution in [2.24, 2.45) is 0 Å². The van der Waals surface area contributed by atoms with Gasteiger partial charge in [0.2, 0.25) is 0 Å². The van der Waals surface area contributed by atoms with Crippen molar-refractivity contribution in [1.29, 1.82) is 0 Å². The molecule has 4 rings (SSSR count). The monoisotopic (exact) mass is 400 g/mol. The summed E-state index contributed by atoms with van der Waals surface area (Å²) in [5, 5.41) is 3.76. The molecule has 1 aliphatic heterocycles. The molecule has 0 spiro atoms. The van der Waals surface area contributed by atoms with Crippen molar-refractivity contribution in [3.63, 3.8) is 0 Å². The van der Waals surface area contributed by atoms with Crippen LogP contribution in [-0.2, 0) is 10.9 Å². The molecular formula is C22H19F3N2O2. The quantitative estimate of drug-likeness (QED) is 0.685. The molecule has 1 amide bonds. The van der Waals surface area contributed by atoms with E-state index in [0.717, 1.165) is 30.4 Å². The largest absolute Gasteiger partial charge is 0.416 e. The van der Waals surface area contributed by atoms with E-state index < -0.39 is 11.7 Å². The second kappa shape index (κ2) is 7.83. The standard InChI is InChI=1S/C22H19F3N2O2/c23-22(24,25)16-5-1-4-15(13-16)19-8-7-14-3-2-6-18(20(14)27-19)21(28)26-17-9-11-29-12-10-17/h1-8,13,17H,9-12H2,(H,26,28). The Morgan fingerprint density at radius 1 is 1.03 bits per heavy atom. The van der Waals surface area contributed by atoms with Crippen LogP contribution >= 0.6 is 0 Å². The van der Waals surface area contributed by atoms with Crippen LogP contribution in [0, 0.1) is 0 Å². The average Bonchev–Trinajstić information content (AvgIpc) is 2.73. The van der Waals surface area contributed by atoms with Gasteiger partial charge in [0.15, 0.2) is 0 Å². The molecule has 4 nitrogen and oxygen atoms in total. The molecule has 150 valence electrons. The number of carbonyl (C=O) groups excluding carboxylic acids is 1. The topological polar surface area (TPSA) is 51.2 Å². The van der Waals surface area contributed by atoms with E-state index in [2.05, 4.69) is 10.3 Å². The van der Waals surface area contributed by atoms with Gasteiger partial charge in [0.1, 0.15) is 0 Å². The van der Waals surface area contributed by atoms with Gasteiger partial charge in [0.05, 0.1) is 22.3 Å². The van der Waals surface area contributed by atoms with Crippen molar-refractivity contribution in [2.45, 2.75) is 25.1 Å². The maximum absolute atomic E-state index is 13.0. The van der Waals surface area contributed by atoms with Crippen LogP contribution in [0.3, 0.4) is 0 Å². The smallest absolute Gasteiger partial charge is 0.381 e.